The van der Waals surface area contributed by atoms with Crippen molar-refractivity contribution in [3.63, 3.8) is 0 Å². The van der Waals surface area contributed by atoms with Crippen molar-refractivity contribution in [2.45, 2.75) is 19.3 Å². The third kappa shape index (κ3) is 1.58. The first-order chi connectivity index (χ1) is 11.1. The Morgan fingerprint density at radius 1 is 0.783 bits per heavy atom. The van der Waals surface area contributed by atoms with Crippen LogP contribution >= 0.6 is 0 Å². The van der Waals surface area contributed by atoms with E-state index in [-0.39, 0.29) is 5.41 Å². The van der Waals surface area contributed by atoms with Gasteiger partial charge in [0, 0.05) is 27.2 Å². The van der Waals surface area contributed by atoms with Crippen molar-refractivity contribution in [2.24, 2.45) is 0 Å². The van der Waals surface area contributed by atoms with Gasteiger partial charge in [-0.15, -0.1) is 0 Å². The average Bonchev–Trinajstić information content (AvgIpc) is 3.00. The minimum atomic E-state index is 0.0381. The second-order valence-corrected chi connectivity index (χ2v) is 7.04. The molecular formula is C21H16BN. The minimum Gasteiger partial charge on any atom is -0.355 e. The van der Waals surface area contributed by atoms with E-state index in [1.54, 1.807) is 0 Å². The Morgan fingerprint density at radius 3 is 2.43 bits per heavy atom. The summed E-state index contributed by atoms with van der Waals surface area (Å²) in [6, 6.07) is 19.5. The highest BCUT2D eigenvalue weighted by Gasteiger charge is 2.35. The van der Waals surface area contributed by atoms with Gasteiger partial charge in [-0.05, 0) is 40.5 Å². The number of H-pyrrole nitrogens is 1. The van der Waals surface area contributed by atoms with Crippen LogP contribution in [0, 0.1) is 0 Å². The fourth-order valence-corrected chi connectivity index (χ4v) is 4.11. The molecule has 1 N–H and O–H groups in total. The summed E-state index contributed by atoms with van der Waals surface area (Å²) in [4.78, 5) is 3.54. The van der Waals surface area contributed by atoms with E-state index >= 15 is 0 Å². The lowest BCUT2D eigenvalue weighted by Gasteiger charge is -2.21. The van der Waals surface area contributed by atoms with E-state index in [1.165, 1.54) is 38.5 Å². The second-order valence-electron chi connectivity index (χ2n) is 7.04. The third-order valence-electron chi connectivity index (χ3n) is 5.32. The molecule has 5 rings (SSSR count). The summed E-state index contributed by atoms with van der Waals surface area (Å²) in [5, 5.41) is 2.45. The van der Waals surface area contributed by atoms with Gasteiger partial charge in [0.05, 0.1) is 0 Å². The highest BCUT2D eigenvalue weighted by molar-refractivity contribution is 6.33. The first kappa shape index (κ1) is 13.0. The number of rotatable bonds is 0. The molecular weight excluding hydrogens is 277 g/mol. The van der Waals surface area contributed by atoms with Crippen molar-refractivity contribution in [1.82, 2.24) is 4.98 Å². The lowest BCUT2D eigenvalue weighted by atomic mass is 9.82. The predicted octanol–water partition coefficient (Wildman–Crippen LogP) is 4.42. The molecule has 0 amide bonds. The van der Waals surface area contributed by atoms with Gasteiger partial charge in [-0.25, -0.2) is 0 Å². The third-order valence-corrected chi connectivity index (χ3v) is 5.32. The van der Waals surface area contributed by atoms with Crippen LogP contribution < -0.4 is 5.46 Å². The fourth-order valence-electron chi connectivity index (χ4n) is 4.11. The number of nitrogens with one attached hydrogen (secondary N) is 1. The van der Waals surface area contributed by atoms with Crippen LogP contribution in [0.5, 0.6) is 0 Å². The SMILES string of the molecule is [B]c1ccc2[nH]c3cc4c(cc3c2c1)-c1ccccc1C4(C)C. The highest BCUT2D eigenvalue weighted by atomic mass is 14.7. The molecule has 0 unspecified atom stereocenters. The Kier molecular flexibility index (Phi) is 2.31. The van der Waals surface area contributed by atoms with Crippen molar-refractivity contribution in [2.75, 3.05) is 0 Å². The zero-order valence-corrected chi connectivity index (χ0v) is 13.3. The van der Waals surface area contributed by atoms with Gasteiger partial charge in [0.25, 0.3) is 0 Å². The van der Waals surface area contributed by atoms with Crippen molar-refractivity contribution in [1.29, 1.82) is 0 Å². The zero-order valence-electron chi connectivity index (χ0n) is 13.3. The summed E-state index contributed by atoms with van der Waals surface area (Å²) >= 11 is 0. The Bertz CT molecular complexity index is 1100. The fraction of sp³-hybridized carbons (Fsp3) is 0.143. The molecule has 3 aromatic carbocycles. The molecule has 0 fully saturated rings. The molecule has 0 bridgehead atoms. The van der Waals surface area contributed by atoms with Gasteiger partial charge in [-0.3, -0.25) is 0 Å². The molecule has 23 heavy (non-hydrogen) atoms. The lowest BCUT2D eigenvalue weighted by molar-refractivity contribution is 0.661. The van der Waals surface area contributed by atoms with Crippen molar-refractivity contribution < 1.29 is 0 Å². The van der Waals surface area contributed by atoms with Crippen LogP contribution in [0.1, 0.15) is 25.0 Å². The second kappa shape index (κ2) is 4.08. The maximum absolute atomic E-state index is 5.99. The van der Waals surface area contributed by atoms with E-state index in [4.69, 9.17) is 7.85 Å². The maximum Gasteiger partial charge on any atom is 0.113 e. The summed E-state index contributed by atoms with van der Waals surface area (Å²) in [5.74, 6) is 0. The standard InChI is InChI=1S/C21H16BN/c1-21(2)17-6-4-3-5-13(17)14-10-16-15-9-12(22)7-8-19(15)23-20(16)11-18(14)21/h3-11,23H,1-2H3. The summed E-state index contributed by atoms with van der Waals surface area (Å²) in [6.07, 6.45) is 0. The molecule has 0 atom stereocenters. The average molecular weight is 293 g/mol. The largest absolute Gasteiger partial charge is 0.355 e. The molecule has 0 aliphatic heterocycles. The van der Waals surface area contributed by atoms with Gasteiger partial charge in [0.2, 0.25) is 0 Å². The Morgan fingerprint density at radius 2 is 1.57 bits per heavy atom. The normalized spacial score (nSPS) is 15.0. The van der Waals surface area contributed by atoms with Crippen LogP contribution in [-0.4, -0.2) is 12.8 Å². The summed E-state index contributed by atoms with van der Waals surface area (Å²) in [5.41, 5.74) is 8.68. The van der Waals surface area contributed by atoms with Crippen LogP contribution in [0.3, 0.4) is 0 Å². The first-order valence-corrected chi connectivity index (χ1v) is 8.01. The Labute approximate surface area is 136 Å². The van der Waals surface area contributed by atoms with Gasteiger partial charge in [0.15, 0.2) is 0 Å². The van der Waals surface area contributed by atoms with Crippen molar-refractivity contribution in [3.05, 3.63) is 65.7 Å². The minimum absolute atomic E-state index is 0.0381. The number of fused-ring (bicyclic) bond motifs is 6. The van der Waals surface area contributed by atoms with E-state index in [0.717, 1.165) is 11.0 Å². The molecule has 1 aliphatic rings. The molecule has 0 saturated carbocycles. The number of hydrogen-bond acceptors (Lipinski definition) is 0. The quantitative estimate of drug-likeness (QED) is 0.462. The van der Waals surface area contributed by atoms with E-state index < -0.39 is 0 Å². The van der Waals surface area contributed by atoms with Crippen LogP contribution in [0.2, 0.25) is 0 Å². The van der Waals surface area contributed by atoms with E-state index in [2.05, 4.69) is 67.4 Å². The van der Waals surface area contributed by atoms with Gasteiger partial charge in [0.1, 0.15) is 7.85 Å². The first-order valence-electron chi connectivity index (χ1n) is 8.01. The Hall–Kier alpha value is -2.48. The smallest absolute Gasteiger partial charge is 0.113 e. The lowest BCUT2D eigenvalue weighted by Crippen LogP contribution is -2.14. The van der Waals surface area contributed by atoms with Crippen molar-refractivity contribution >= 4 is 35.1 Å². The number of aromatic nitrogens is 1. The molecule has 108 valence electrons. The maximum atomic E-state index is 5.99. The molecule has 1 aromatic heterocycles. The Balaban J connectivity index is 1.94. The number of benzene rings is 3. The molecule has 1 heterocycles. The van der Waals surface area contributed by atoms with E-state index in [0.29, 0.717) is 0 Å². The molecule has 2 heteroatoms. The topological polar surface area (TPSA) is 15.8 Å². The van der Waals surface area contributed by atoms with Crippen molar-refractivity contribution in [3.8, 4) is 11.1 Å². The number of hydrogen-bond donors (Lipinski definition) is 1. The summed E-state index contributed by atoms with van der Waals surface area (Å²) < 4.78 is 0. The van der Waals surface area contributed by atoms with Crippen LogP contribution in [-0.2, 0) is 5.41 Å². The molecule has 1 nitrogen and oxygen atoms in total. The van der Waals surface area contributed by atoms with Gasteiger partial charge >= 0.3 is 0 Å². The van der Waals surface area contributed by atoms with Crippen LogP contribution in [0.4, 0.5) is 0 Å². The van der Waals surface area contributed by atoms with Gasteiger partial charge in [-0.1, -0.05) is 55.7 Å². The predicted molar refractivity (Wildman–Crippen MR) is 98.8 cm³/mol. The summed E-state index contributed by atoms with van der Waals surface area (Å²) in [6.45, 7) is 4.62. The highest BCUT2D eigenvalue weighted by Crippen LogP contribution is 2.50. The van der Waals surface area contributed by atoms with E-state index in [9.17, 15) is 0 Å². The molecule has 1 aliphatic carbocycles. The molecule has 0 saturated heterocycles. The zero-order chi connectivity index (χ0) is 15.8. The van der Waals surface area contributed by atoms with E-state index in [1.807, 2.05) is 6.07 Å². The monoisotopic (exact) mass is 293 g/mol. The summed E-state index contributed by atoms with van der Waals surface area (Å²) in [7, 11) is 5.99. The van der Waals surface area contributed by atoms with Crippen LogP contribution in [0.25, 0.3) is 32.9 Å². The van der Waals surface area contributed by atoms with Gasteiger partial charge in [-0.2, -0.15) is 0 Å². The molecule has 4 aromatic rings. The molecule has 2 radical (unpaired) electrons. The van der Waals surface area contributed by atoms with Crippen LogP contribution in [0.15, 0.2) is 54.6 Å². The molecule has 0 spiro atoms. The number of aromatic amines is 1. The van der Waals surface area contributed by atoms with Gasteiger partial charge < -0.3 is 4.98 Å².